The van der Waals surface area contributed by atoms with Crippen LogP contribution in [0.1, 0.15) is 12.2 Å². The molecule has 0 radical (unpaired) electrons. The predicted molar refractivity (Wildman–Crippen MR) is 72.3 cm³/mol. The molecule has 8 heteroatoms. The van der Waals surface area contributed by atoms with Crippen LogP contribution in [0.25, 0.3) is 11.5 Å². The Morgan fingerprint density at radius 3 is 3.00 bits per heavy atom. The molecule has 118 valence electrons. The minimum absolute atomic E-state index is 0.0883. The summed E-state index contributed by atoms with van der Waals surface area (Å²) in [7, 11) is 0. The summed E-state index contributed by atoms with van der Waals surface area (Å²) in [5.41, 5.74) is 0.693. The maximum absolute atomic E-state index is 13.6. The number of alkyl halides is 2. The molecule has 1 aliphatic rings. The van der Waals surface area contributed by atoms with Gasteiger partial charge in [0.1, 0.15) is 11.5 Å². The molecular formula is C14H15F2N3O3. The van der Waals surface area contributed by atoms with Gasteiger partial charge in [-0.3, -0.25) is 14.8 Å². The molecule has 1 saturated heterocycles. The summed E-state index contributed by atoms with van der Waals surface area (Å²) in [5.74, 6) is -4.19. The number of likely N-dealkylation sites (tertiary alicyclic amines) is 1. The predicted octanol–water partition coefficient (Wildman–Crippen LogP) is 2.21. The van der Waals surface area contributed by atoms with Crippen LogP contribution in [0.4, 0.5) is 8.78 Å². The maximum atomic E-state index is 13.6. The lowest BCUT2D eigenvalue weighted by Crippen LogP contribution is -2.48. The average Bonchev–Trinajstić information content (AvgIpc) is 3.06. The van der Waals surface area contributed by atoms with Gasteiger partial charge in [-0.15, -0.1) is 0 Å². The lowest BCUT2D eigenvalue weighted by atomic mass is 9.95. The topological polar surface area (TPSA) is 82.4 Å². The Morgan fingerprint density at radius 1 is 1.50 bits per heavy atom. The van der Waals surface area contributed by atoms with Gasteiger partial charge in [0.2, 0.25) is 0 Å². The van der Waals surface area contributed by atoms with Crippen molar-refractivity contribution in [3.63, 3.8) is 0 Å². The summed E-state index contributed by atoms with van der Waals surface area (Å²) >= 11 is 0. The van der Waals surface area contributed by atoms with Crippen molar-refractivity contribution in [3.8, 4) is 11.5 Å². The second-order valence-corrected chi connectivity index (χ2v) is 5.50. The number of nitrogens with zero attached hydrogens (tertiary/aromatic N) is 2. The fraction of sp³-hybridized carbons (Fsp3) is 0.429. The first-order chi connectivity index (χ1) is 10.4. The van der Waals surface area contributed by atoms with Gasteiger partial charge in [0, 0.05) is 19.2 Å². The van der Waals surface area contributed by atoms with Crippen LogP contribution in [-0.2, 0) is 11.3 Å². The summed E-state index contributed by atoms with van der Waals surface area (Å²) in [5, 5.41) is 15.6. The van der Waals surface area contributed by atoms with Crippen molar-refractivity contribution in [1.82, 2.24) is 15.1 Å². The van der Waals surface area contributed by atoms with Gasteiger partial charge in [0.15, 0.2) is 5.76 Å². The Hall–Kier alpha value is -2.22. The molecule has 1 unspecified atom stereocenters. The van der Waals surface area contributed by atoms with Crippen LogP contribution in [0.15, 0.2) is 28.8 Å². The number of aromatic nitrogens is 2. The first kappa shape index (κ1) is 14.7. The number of nitrogens with one attached hydrogen (secondary N) is 1. The van der Waals surface area contributed by atoms with Gasteiger partial charge < -0.3 is 9.52 Å². The number of piperidine rings is 1. The fourth-order valence-corrected chi connectivity index (χ4v) is 2.70. The van der Waals surface area contributed by atoms with E-state index in [0.29, 0.717) is 17.2 Å². The molecule has 0 bridgehead atoms. The highest BCUT2D eigenvalue weighted by Crippen LogP contribution is 2.32. The van der Waals surface area contributed by atoms with E-state index in [0.717, 1.165) is 0 Å². The molecular weight excluding hydrogens is 296 g/mol. The highest BCUT2D eigenvalue weighted by atomic mass is 19.3. The third-order valence-corrected chi connectivity index (χ3v) is 3.64. The molecule has 0 amide bonds. The molecule has 2 aromatic rings. The van der Waals surface area contributed by atoms with E-state index >= 15 is 0 Å². The Labute approximate surface area is 124 Å². The SMILES string of the molecule is O=C(O)C1CN(Cc2ccc(-c3ccn[nH]3)o2)CC(F)(F)C1. The zero-order valence-corrected chi connectivity index (χ0v) is 11.6. The third-order valence-electron chi connectivity index (χ3n) is 3.64. The molecule has 3 heterocycles. The lowest BCUT2D eigenvalue weighted by molar-refractivity contribution is -0.153. The second kappa shape index (κ2) is 5.53. The number of aromatic amines is 1. The van der Waals surface area contributed by atoms with Gasteiger partial charge in [-0.25, -0.2) is 8.78 Å². The molecule has 22 heavy (non-hydrogen) atoms. The summed E-state index contributed by atoms with van der Waals surface area (Å²) in [6, 6.07) is 5.15. The standard InChI is InChI=1S/C14H15F2N3O3/c15-14(16)5-9(13(20)21)6-19(8-14)7-10-1-2-12(22-10)11-3-4-17-18-11/h1-4,9H,5-8H2,(H,17,18)(H,20,21). The van der Waals surface area contributed by atoms with Crippen LogP contribution >= 0.6 is 0 Å². The number of rotatable bonds is 4. The third kappa shape index (κ3) is 3.16. The van der Waals surface area contributed by atoms with Crippen molar-refractivity contribution < 1.29 is 23.1 Å². The smallest absolute Gasteiger partial charge is 0.308 e. The van der Waals surface area contributed by atoms with Crippen LogP contribution in [0.2, 0.25) is 0 Å². The average molecular weight is 311 g/mol. The molecule has 2 N–H and O–H groups in total. The van der Waals surface area contributed by atoms with E-state index in [1.807, 2.05) is 0 Å². The van der Waals surface area contributed by atoms with E-state index in [-0.39, 0.29) is 13.1 Å². The Balaban J connectivity index is 1.71. The minimum Gasteiger partial charge on any atom is -0.481 e. The molecule has 0 saturated carbocycles. The van der Waals surface area contributed by atoms with E-state index in [4.69, 9.17) is 9.52 Å². The van der Waals surface area contributed by atoms with E-state index in [9.17, 15) is 13.6 Å². The normalized spacial score (nSPS) is 21.8. The monoisotopic (exact) mass is 311 g/mol. The van der Waals surface area contributed by atoms with Crippen molar-refractivity contribution in [2.45, 2.75) is 18.9 Å². The van der Waals surface area contributed by atoms with Crippen molar-refractivity contribution >= 4 is 5.97 Å². The number of carboxylic acids is 1. The number of H-pyrrole nitrogens is 1. The summed E-state index contributed by atoms with van der Waals surface area (Å²) in [4.78, 5) is 12.4. The number of furan rings is 1. The number of hydrogen-bond acceptors (Lipinski definition) is 4. The molecule has 0 aromatic carbocycles. The minimum atomic E-state index is -3.00. The molecule has 1 fully saturated rings. The molecule has 2 aromatic heterocycles. The summed E-state index contributed by atoms with van der Waals surface area (Å²) in [6.45, 7) is -0.227. The summed E-state index contributed by atoms with van der Waals surface area (Å²) < 4.78 is 32.9. The van der Waals surface area contributed by atoms with Crippen LogP contribution in [0, 0.1) is 5.92 Å². The number of carbonyl (C=O) groups is 1. The van der Waals surface area contributed by atoms with Gasteiger partial charge >= 0.3 is 5.97 Å². The van der Waals surface area contributed by atoms with Crippen molar-refractivity contribution in [2.75, 3.05) is 13.1 Å². The molecule has 3 rings (SSSR count). The second-order valence-electron chi connectivity index (χ2n) is 5.50. The Morgan fingerprint density at radius 2 is 2.32 bits per heavy atom. The van der Waals surface area contributed by atoms with Crippen molar-refractivity contribution in [1.29, 1.82) is 0 Å². The lowest BCUT2D eigenvalue weighted by Gasteiger charge is -2.35. The molecule has 1 atom stereocenters. The molecule has 0 spiro atoms. The molecule has 6 nitrogen and oxygen atoms in total. The zero-order valence-electron chi connectivity index (χ0n) is 11.6. The van der Waals surface area contributed by atoms with Crippen LogP contribution in [0.5, 0.6) is 0 Å². The van der Waals surface area contributed by atoms with Crippen molar-refractivity contribution in [2.24, 2.45) is 5.92 Å². The van der Waals surface area contributed by atoms with Crippen LogP contribution < -0.4 is 0 Å². The van der Waals surface area contributed by atoms with Gasteiger partial charge in [0.25, 0.3) is 5.92 Å². The number of carboxylic acid groups (broad SMARTS) is 1. The van der Waals surface area contributed by atoms with E-state index in [1.165, 1.54) is 4.90 Å². The number of hydrogen-bond donors (Lipinski definition) is 2. The highest BCUT2D eigenvalue weighted by molar-refractivity contribution is 5.70. The van der Waals surface area contributed by atoms with Gasteiger partial charge in [-0.2, -0.15) is 5.10 Å². The quantitative estimate of drug-likeness (QED) is 0.904. The first-order valence-corrected chi connectivity index (χ1v) is 6.84. The van der Waals surface area contributed by atoms with Gasteiger partial charge in [-0.05, 0) is 18.2 Å². The van der Waals surface area contributed by atoms with Crippen molar-refractivity contribution in [3.05, 3.63) is 30.2 Å². The maximum Gasteiger partial charge on any atom is 0.308 e. The van der Waals surface area contributed by atoms with Crippen LogP contribution in [0.3, 0.4) is 0 Å². The van der Waals surface area contributed by atoms with E-state index < -0.39 is 30.8 Å². The Kier molecular flexibility index (Phi) is 3.69. The fourth-order valence-electron chi connectivity index (χ4n) is 2.70. The Bertz CT molecular complexity index is 654. The van der Waals surface area contributed by atoms with Gasteiger partial charge in [0.05, 0.1) is 19.0 Å². The zero-order chi connectivity index (χ0) is 15.7. The van der Waals surface area contributed by atoms with Crippen LogP contribution in [-0.4, -0.2) is 45.2 Å². The molecule has 1 aliphatic heterocycles. The van der Waals surface area contributed by atoms with Gasteiger partial charge in [-0.1, -0.05) is 0 Å². The molecule has 0 aliphatic carbocycles. The number of aliphatic carboxylic acids is 1. The van der Waals surface area contributed by atoms with E-state index in [1.54, 1.807) is 24.4 Å². The first-order valence-electron chi connectivity index (χ1n) is 6.84. The van der Waals surface area contributed by atoms with E-state index in [2.05, 4.69) is 10.2 Å². The number of halogens is 2. The largest absolute Gasteiger partial charge is 0.481 e. The highest BCUT2D eigenvalue weighted by Gasteiger charge is 2.43. The summed E-state index contributed by atoms with van der Waals surface area (Å²) in [6.07, 6.45) is 0.969.